The molecule has 0 radical (unpaired) electrons. The highest BCUT2D eigenvalue weighted by molar-refractivity contribution is 5.83. The number of carbonyl (C=O) groups is 2. The molecule has 4 saturated carbocycles. The van der Waals surface area contributed by atoms with Gasteiger partial charge in [0, 0.05) is 0 Å². The highest BCUT2D eigenvalue weighted by Crippen LogP contribution is 2.70. The molecule has 0 bridgehead atoms. The fourth-order valence-corrected chi connectivity index (χ4v) is 9.70. The molecule has 0 aromatic heterocycles. The van der Waals surface area contributed by atoms with Crippen LogP contribution in [-0.2, 0) is 19.1 Å². The van der Waals surface area contributed by atoms with Crippen LogP contribution in [0.25, 0.3) is 0 Å². The van der Waals surface area contributed by atoms with Crippen LogP contribution in [0.1, 0.15) is 91.9 Å². The van der Waals surface area contributed by atoms with E-state index in [0.29, 0.717) is 31.0 Å². The summed E-state index contributed by atoms with van der Waals surface area (Å²) in [6, 6.07) is 0. The van der Waals surface area contributed by atoms with Crippen molar-refractivity contribution in [3.63, 3.8) is 0 Å². The molecule has 5 rings (SSSR count). The van der Waals surface area contributed by atoms with Gasteiger partial charge in [-0.1, -0.05) is 38.3 Å². The zero-order chi connectivity index (χ0) is 23.4. The van der Waals surface area contributed by atoms with E-state index in [1.165, 1.54) is 56.9 Å². The summed E-state index contributed by atoms with van der Waals surface area (Å²) in [6.07, 6.45) is 15.0. The molecule has 0 aliphatic heterocycles. The fourth-order valence-electron chi connectivity index (χ4n) is 9.70. The van der Waals surface area contributed by atoms with Gasteiger partial charge in [0.1, 0.15) is 0 Å². The van der Waals surface area contributed by atoms with Gasteiger partial charge < -0.3 is 9.47 Å². The van der Waals surface area contributed by atoms with Gasteiger partial charge in [0.25, 0.3) is 0 Å². The molecule has 0 aromatic carbocycles. The molecule has 33 heavy (non-hydrogen) atoms. The molecule has 4 heteroatoms. The highest BCUT2D eigenvalue weighted by atomic mass is 16.5. The van der Waals surface area contributed by atoms with Gasteiger partial charge in [0.05, 0.1) is 25.0 Å². The Labute approximate surface area is 200 Å². The molecule has 4 fully saturated rings. The maximum absolute atomic E-state index is 13.2. The van der Waals surface area contributed by atoms with Crippen LogP contribution in [-0.4, -0.2) is 25.2 Å². The Morgan fingerprint density at radius 3 is 2.45 bits per heavy atom. The molecule has 184 valence electrons. The van der Waals surface area contributed by atoms with Gasteiger partial charge in [-0.2, -0.15) is 0 Å². The zero-order valence-corrected chi connectivity index (χ0v) is 21.2. The molecule has 4 nitrogen and oxygen atoms in total. The Balaban J connectivity index is 1.47. The number of rotatable bonds is 4. The Morgan fingerprint density at radius 2 is 1.70 bits per heavy atom. The van der Waals surface area contributed by atoms with Crippen LogP contribution in [0, 0.1) is 52.3 Å². The number of hydrogen-bond donors (Lipinski definition) is 0. The van der Waals surface area contributed by atoms with E-state index in [1.807, 2.05) is 13.8 Å². The van der Waals surface area contributed by atoms with Crippen LogP contribution < -0.4 is 0 Å². The van der Waals surface area contributed by atoms with E-state index in [1.54, 1.807) is 0 Å². The lowest BCUT2D eigenvalue weighted by atomic mass is 9.45. The molecule has 0 saturated heterocycles. The first-order valence-corrected chi connectivity index (χ1v) is 13.9. The molecule has 5 aliphatic carbocycles. The minimum absolute atomic E-state index is 0.137. The van der Waals surface area contributed by atoms with Gasteiger partial charge in [-0.3, -0.25) is 9.59 Å². The Hall–Kier alpha value is -1.32. The molecule has 0 spiro atoms. The van der Waals surface area contributed by atoms with Gasteiger partial charge in [0.15, 0.2) is 0 Å². The van der Waals surface area contributed by atoms with Crippen LogP contribution in [0.3, 0.4) is 0 Å². The number of carbonyl (C=O) groups excluding carboxylic acids is 2. The first kappa shape index (κ1) is 23.4. The highest BCUT2D eigenvalue weighted by Gasteiger charge is 2.63. The lowest BCUT2D eigenvalue weighted by molar-refractivity contribution is -0.162. The first-order chi connectivity index (χ1) is 15.8. The van der Waals surface area contributed by atoms with Gasteiger partial charge in [-0.05, 0) is 106 Å². The molecule has 9 unspecified atom stereocenters. The lowest BCUT2D eigenvalue weighted by Gasteiger charge is -2.60. The van der Waals surface area contributed by atoms with E-state index >= 15 is 0 Å². The predicted octanol–water partition coefficient (Wildman–Crippen LogP) is 6.33. The number of esters is 2. The average molecular weight is 457 g/mol. The number of ether oxygens (including phenoxy) is 2. The second-order valence-electron chi connectivity index (χ2n) is 12.2. The third-order valence-electron chi connectivity index (χ3n) is 11.1. The molecular weight excluding hydrogens is 412 g/mol. The van der Waals surface area contributed by atoms with E-state index in [4.69, 9.17) is 9.47 Å². The maximum Gasteiger partial charge on any atom is 0.310 e. The van der Waals surface area contributed by atoms with E-state index in [-0.39, 0.29) is 29.2 Å². The number of hydrogen-bond acceptors (Lipinski definition) is 4. The van der Waals surface area contributed by atoms with Crippen molar-refractivity contribution in [1.29, 1.82) is 0 Å². The minimum atomic E-state index is -0.399. The third kappa shape index (κ3) is 3.52. The topological polar surface area (TPSA) is 52.6 Å². The first-order valence-electron chi connectivity index (χ1n) is 13.9. The summed E-state index contributed by atoms with van der Waals surface area (Å²) in [5.74, 6) is 2.08. The van der Waals surface area contributed by atoms with Crippen LogP contribution in [0.4, 0.5) is 0 Å². The zero-order valence-electron chi connectivity index (χ0n) is 21.2. The van der Waals surface area contributed by atoms with Crippen molar-refractivity contribution in [2.45, 2.75) is 91.9 Å². The molecular formula is C29H44O4. The number of allylic oxidation sites excluding steroid dienone is 2. The van der Waals surface area contributed by atoms with Crippen LogP contribution in [0.5, 0.6) is 0 Å². The predicted molar refractivity (Wildman–Crippen MR) is 128 cm³/mol. The smallest absolute Gasteiger partial charge is 0.310 e. The average Bonchev–Trinajstić information content (AvgIpc) is 3.11. The fraction of sp³-hybridized carbons (Fsp3) is 0.862. The van der Waals surface area contributed by atoms with Gasteiger partial charge >= 0.3 is 11.9 Å². The third-order valence-corrected chi connectivity index (χ3v) is 11.1. The largest absolute Gasteiger partial charge is 0.466 e. The molecule has 0 aromatic rings. The van der Waals surface area contributed by atoms with Crippen LogP contribution in [0.2, 0.25) is 0 Å². The summed E-state index contributed by atoms with van der Waals surface area (Å²) < 4.78 is 11.0. The normalized spacial score (nSPS) is 46.2. The summed E-state index contributed by atoms with van der Waals surface area (Å²) in [6.45, 7) is 9.53. The lowest BCUT2D eigenvalue weighted by Crippen LogP contribution is -2.52. The van der Waals surface area contributed by atoms with E-state index < -0.39 is 5.92 Å². The molecule has 0 N–H and O–H groups in total. The van der Waals surface area contributed by atoms with Crippen molar-refractivity contribution in [2.75, 3.05) is 13.2 Å². The van der Waals surface area contributed by atoms with Crippen molar-refractivity contribution in [1.82, 2.24) is 0 Å². The van der Waals surface area contributed by atoms with E-state index in [9.17, 15) is 9.59 Å². The van der Waals surface area contributed by atoms with E-state index in [0.717, 1.165) is 24.2 Å². The maximum atomic E-state index is 13.2. The van der Waals surface area contributed by atoms with Gasteiger partial charge in [-0.25, -0.2) is 0 Å². The Morgan fingerprint density at radius 1 is 0.939 bits per heavy atom. The monoisotopic (exact) mass is 456 g/mol. The van der Waals surface area contributed by atoms with Crippen LogP contribution in [0.15, 0.2) is 11.6 Å². The second-order valence-corrected chi connectivity index (χ2v) is 12.2. The number of fused-ring (bicyclic) bond motifs is 7. The summed E-state index contributed by atoms with van der Waals surface area (Å²) in [5.41, 5.74) is 2.16. The molecule has 0 amide bonds. The van der Waals surface area contributed by atoms with Gasteiger partial charge in [0.2, 0.25) is 0 Å². The SMILES string of the molecule is CCOC(=O)C1CC=C2C(CC3C4CCC5CCCCC5(C)C4CCC23C)C1C(=O)OCC. The summed E-state index contributed by atoms with van der Waals surface area (Å²) in [5, 5.41) is 0. The van der Waals surface area contributed by atoms with Gasteiger partial charge in [-0.15, -0.1) is 0 Å². The molecule has 9 atom stereocenters. The quantitative estimate of drug-likeness (QED) is 0.366. The standard InChI is InChI=1S/C29H44O4/c1-5-32-26(30)20-12-13-22-21(25(20)27(31)33-6-2)17-24-19-11-10-18-9-7-8-15-28(18,3)23(19)14-16-29(22,24)4/h13,18-21,23-25H,5-12,14-17H2,1-4H3. The molecule has 5 aliphatic rings. The van der Waals surface area contributed by atoms with Crippen molar-refractivity contribution >= 4 is 11.9 Å². The molecule has 0 heterocycles. The Kier molecular flexibility index (Phi) is 6.19. The summed E-state index contributed by atoms with van der Waals surface area (Å²) in [7, 11) is 0. The van der Waals surface area contributed by atoms with Crippen molar-refractivity contribution in [3.8, 4) is 0 Å². The minimum Gasteiger partial charge on any atom is -0.466 e. The van der Waals surface area contributed by atoms with Crippen LogP contribution >= 0.6 is 0 Å². The van der Waals surface area contributed by atoms with Crippen molar-refractivity contribution in [3.05, 3.63) is 11.6 Å². The van der Waals surface area contributed by atoms with Crippen molar-refractivity contribution < 1.29 is 19.1 Å². The summed E-state index contributed by atoms with van der Waals surface area (Å²) in [4.78, 5) is 26.1. The second kappa shape index (κ2) is 8.72. The Bertz CT molecular complexity index is 816. The van der Waals surface area contributed by atoms with E-state index in [2.05, 4.69) is 19.9 Å². The van der Waals surface area contributed by atoms with Crippen molar-refractivity contribution in [2.24, 2.45) is 52.3 Å². The summed E-state index contributed by atoms with van der Waals surface area (Å²) >= 11 is 0.